The van der Waals surface area contributed by atoms with Gasteiger partial charge in [0.2, 0.25) is 0 Å². The van der Waals surface area contributed by atoms with E-state index in [0.717, 1.165) is 12.1 Å². The van der Waals surface area contributed by atoms with Crippen LogP contribution in [0.15, 0.2) is 18.2 Å². The van der Waals surface area contributed by atoms with Crippen molar-refractivity contribution >= 4 is 13.8 Å². The minimum atomic E-state index is -4.49. The van der Waals surface area contributed by atoms with Gasteiger partial charge in [0.15, 0.2) is 0 Å². The second-order valence-electron chi connectivity index (χ2n) is 2.44. The van der Waals surface area contributed by atoms with E-state index >= 15 is 0 Å². The van der Waals surface area contributed by atoms with Crippen molar-refractivity contribution in [2.75, 3.05) is 0 Å². The number of halogens is 5. The molecule has 1 aromatic carbocycles. The third-order valence-corrected chi connectivity index (χ3v) is 4.83. The van der Waals surface area contributed by atoms with Crippen LogP contribution >= 0.6 is 9.69 Å². The molecule has 1 aromatic rings. The first-order valence-corrected chi connectivity index (χ1v) is 8.75. The summed E-state index contributed by atoms with van der Waals surface area (Å²) < 4.78 is 49.2. The fourth-order valence-electron chi connectivity index (χ4n) is 0.832. The number of alkyl halides is 3. The molecule has 0 heterocycles. The van der Waals surface area contributed by atoms with Crippen molar-refractivity contribution in [1.29, 1.82) is 0 Å². The van der Waals surface area contributed by atoms with E-state index in [9.17, 15) is 17.6 Å². The van der Waals surface area contributed by atoms with Crippen molar-refractivity contribution in [1.82, 2.24) is 0 Å². The molecule has 0 fully saturated rings. The van der Waals surface area contributed by atoms with E-state index in [1.54, 1.807) is 0 Å². The maximum atomic E-state index is 12.8. The topological polar surface area (TPSA) is 0 Å². The molecular formula is C7H3ClF4Zn. The number of hydrogen-bond donors (Lipinski definition) is 0. The van der Waals surface area contributed by atoms with E-state index in [0.29, 0.717) is 6.07 Å². The summed E-state index contributed by atoms with van der Waals surface area (Å²) in [4.78, 5) is 0. The summed E-state index contributed by atoms with van der Waals surface area (Å²) in [5.41, 5.74) is -0.971. The Morgan fingerprint density at radius 1 is 1.23 bits per heavy atom. The summed E-state index contributed by atoms with van der Waals surface area (Å²) in [6.45, 7) is 0. The molecule has 68 valence electrons. The third kappa shape index (κ3) is 2.65. The van der Waals surface area contributed by atoms with Crippen LogP contribution in [-0.4, -0.2) is 0 Å². The van der Waals surface area contributed by atoms with E-state index < -0.39 is 33.7 Å². The quantitative estimate of drug-likeness (QED) is 0.540. The Balaban J connectivity index is 3.10. The van der Waals surface area contributed by atoms with Crippen LogP contribution in [0.3, 0.4) is 0 Å². The van der Waals surface area contributed by atoms with Crippen LogP contribution in [0.2, 0.25) is 0 Å². The third-order valence-electron chi connectivity index (χ3n) is 1.52. The zero-order chi connectivity index (χ0) is 10.1. The molecule has 0 aliphatic heterocycles. The summed E-state index contributed by atoms with van der Waals surface area (Å²) in [5, 5.41) is 0. The number of hydrogen-bond acceptors (Lipinski definition) is 0. The molecule has 1 rings (SSSR count). The van der Waals surface area contributed by atoms with Gasteiger partial charge in [0.25, 0.3) is 0 Å². The van der Waals surface area contributed by atoms with Crippen LogP contribution in [-0.2, 0) is 22.3 Å². The fraction of sp³-hybridized carbons (Fsp3) is 0.143. The van der Waals surface area contributed by atoms with Gasteiger partial charge in [0.05, 0.1) is 0 Å². The van der Waals surface area contributed by atoms with Crippen LogP contribution in [0.1, 0.15) is 5.56 Å². The van der Waals surface area contributed by atoms with E-state index in [-0.39, 0.29) is 4.16 Å². The molecule has 0 amide bonds. The van der Waals surface area contributed by atoms with Gasteiger partial charge in [-0.1, -0.05) is 0 Å². The number of rotatable bonds is 1. The summed E-state index contributed by atoms with van der Waals surface area (Å²) in [5.74, 6) is -0.843. The minimum absolute atomic E-state index is 0.252. The maximum absolute atomic E-state index is 12.8. The Kier molecular flexibility index (Phi) is 3.30. The molecule has 6 heteroatoms. The molecule has 0 bridgehead atoms. The molecule has 0 aliphatic rings. The Morgan fingerprint density at radius 2 is 1.85 bits per heavy atom. The molecule has 0 spiro atoms. The monoisotopic (exact) mass is 262 g/mol. The average molecular weight is 264 g/mol. The second-order valence-corrected chi connectivity index (χ2v) is 5.99. The normalized spacial score (nSPS) is 11.2. The van der Waals surface area contributed by atoms with Crippen molar-refractivity contribution in [2.24, 2.45) is 0 Å². The molecule has 0 saturated carbocycles. The first-order valence-electron chi connectivity index (χ1n) is 3.36. The molecule has 13 heavy (non-hydrogen) atoms. The molecular weight excluding hydrogens is 261 g/mol. The molecule has 0 saturated heterocycles. The first-order chi connectivity index (χ1) is 5.95. The van der Waals surface area contributed by atoms with Crippen LogP contribution in [0, 0.1) is 5.82 Å². The van der Waals surface area contributed by atoms with Gasteiger partial charge < -0.3 is 0 Å². The molecule has 0 aromatic heterocycles. The standard InChI is InChI=1S/C7H3F4.ClH.Zn/c8-6-3-1-2-5(4-6)7(9,10)11;;/h1-2,4H;1H;/q;;+1/p-1. The second kappa shape index (κ2) is 3.93. The van der Waals surface area contributed by atoms with E-state index in [1.165, 1.54) is 0 Å². The van der Waals surface area contributed by atoms with Gasteiger partial charge >= 0.3 is 83.3 Å². The Labute approximate surface area is 83.5 Å². The van der Waals surface area contributed by atoms with Gasteiger partial charge in [0, 0.05) is 0 Å². The van der Waals surface area contributed by atoms with Crippen molar-refractivity contribution in [2.45, 2.75) is 6.18 Å². The summed E-state index contributed by atoms with van der Waals surface area (Å²) >= 11 is -1.66. The van der Waals surface area contributed by atoms with Crippen LogP contribution in [0.4, 0.5) is 17.6 Å². The van der Waals surface area contributed by atoms with Crippen molar-refractivity contribution in [3.05, 3.63) is 29.6 Å². The average Bonchev–Trinajstić information content (AvgIpc) is 2.02. The molecule has 0 atom stereocenters. The molecule has 0 N–H and O–H groups in total. The SMILES string of the molecule is Fc1cc(C(F)(F)F)cc[c]1[Zn][Cl]. The van der Waals surface area contributed by atoms with Crippen LogP contribution < -0.4 is 4.16 Å². The molecule has 0 nitrogen and oxygen atoms in total. The molecule has 0 aliphatic carbocycles. The van der Waals surface area contributed by atoms with E-state index in [4.69, 9.17) is 9.69 Å². The van der Waals surface area contributed by atoms with Gasteiger partial charge in [-0.3, -0.25) is 0 Å². The van der Waals surface area contributed by atoms with Crippen LogP contribution in [0.5, 0.6) is 0 Å². The van der Waals surface area contributed by atoms with Crippen molar-refractivity contribution in [3.8, 4) is 0 Å². The predicted octanol–water partition coefficient (Wildman–Crippen LogP) is 2.71. The molecule has 0 radical (unpaired) electrons. The fourth-order valence-corrected chi connectivity index (χ4v) is 2.87. The molecule has 0 unspecified atom stereocenters. The van der Waals surface area contributed by atoms with Gasteiger partial charge in [-0.05, 0) is 0 Å². The van der Waals surface area contributed by atoms with Crippen LogP contribution in [0.25, 0.3) is 0 Å². The zero-order valence-electron chi connectivity index (χ0n) is 6.33. The first kappa shape index (κ1) is 10.9. The zero-order valence-corrected chi connectivity index (χ0v) is 10.1. The van der Waals surface area contributed by atoms with Gasteiger partial charge in [-0.25, -0.2) is 0 Å². The summed E-state index contributed by atoms with van der Waals surface area (Å²) in [7, 11) is 5.47. The number of benzene rings is 1. The Hall–Kier alpha value is -0.147. The van der Waals surface area contributed by atoms with Gasteiger partial charge in [-0.15, -0.1) is 0 Å². The van der Waals surface area contributed by atoms with Crippen molar-refractivity contribution in [3.63, 3.8) is 0 Å². The Bertz CT molecular complexity index is 310. The van der Waals surface area contributed by atoms with E-state index in [2.05, 4.69) is 0 Å². The van der Waals surface area contributed by atoms with Gasteiger partial charge in [0.1, 0.15) is 0 Å². The van der Waals surface area contributed by atoms with Gasteiger partial charge in [-0.2, -0.15) is 0 Å². The Morgan fingerprint density at radius 3 is 2.23 bits per heavy atom. The summed E-state index contributed by atoms with van der Waals surface area (Å²) in [6.07, 6.45) is -4.49. The predicted molar refractivity (Wildman–Crippen MR) is 36.9 cm³/mol. The summed E-state index contributed by atoms with van der Waals surface area (Å²) in [6, 6.07) is 2.46. The van der Waals surface area contributed by atoms with Crippen molar-refractivity contribution < 1.29 is 33.7 Å². The van der Waals surface area contributed by atoms with E-state index in [1.807, 2.05) is 0 Å².